The summed E-state index contributed by atoms with van der Waals surface area (Å²) in [6.07, 6.45) is 4.12. The summed E-state index contributed by atoms with van der Waals surface area (Å²) < 4.78 is 2.65. The van der Waals surface area contributed by atoms with Crippen molar-refractivity contribution < 1.29 is 4.92 Å². The van der Waals surface area contributed by atoms with Crippen molar-refractivity contribution in [2.75, 3.05) is 0 Å². The van der Waals surface area contributed by atoms with Crippen molar-refractivity contribution in [1.82, 2.24) is 9.78 Å². The van der Waals surface area contributed by atoms with E-state index in [9.17, 15) is 10.1 Å². The quantitative estimate of drug-likeness (QED) is 0.644. The molecule has 17 heavy (non-hydrogen) atoms. The third-order valence-corrected chi connectivity index (χ3v) is 2.81. The molecule has 6 heteroatoms. The molecule has 2 aromatic rings. The summed E-state index contributed by atoms with van der Waals surface area (Å²) in [6.45, 7) is 0.621. The van der Waals surface area contributed by atoms with E-state index in [4.69, 9.17) is 0 Å². The zero-order valence-corrected chi connectivity index (χ0v) is 10.5. The van der Waals surface area contributed by atoms with E-state index >= 15 is 0 Å². The van der Waals surface area contributed by atoms with Crippen LogP contribution in [-0.4, -0.2) is 14.7 Å². The van der Waals surface area contributed by atoms with Gasteiger partial charge in [-0.05, 0) is 22.4 Å². The zero-order chi connectivity index (χ0) is 12.3. The number of nitro benzene ring substituents is 1. The molecule has 0 saturated carbocycles. The van der Waals surface area contributed by atoms with Crippen molar-refractivity contribution in [3.63, 3.8) is 0 Å². The lowest BCUT2D eigenvalue weighted by Crippen LogP contribution is -2.03. The molecule has 1 aromatic heterocycles. The van der Waals surface area contributed by atoms with Crippen LogP contribution in [0.5, 0.6) is 0 Å². The monoisotopic (exact) mass is 295 g/mol. The minimum Gasteiger partial charge on any atom is -0.271 e. The lowest BCUT2D eigenvalue weighted by molar-refractivity contribution is -0.385. The van der Waals surface area contributed by atoms with Crippen LogP contribution >= 0.6 is 15.9 Å². The maximum atomic E-state index is 10.8. The number of para-hydroxylation sites is 1. The SMILES string of the molecule is O=[N+]([O-])c1ccccc1CCn1cc(Br)cn1. The summed E-state index contributed by atoms with van der Waals surface area (Å²) >= 11 is 3.30. The first-order chi connectivity index (χ1) is 8.16. The lowest BCUT2D eigenvalue weighted by Gasteiger charge is -2.03. The number of halogens is 1. The van der Waals surface area contributed by atoms with Gasteiger partial charge in [-0.15, -0.1) is 0 Å². The van der Waals surface area contributed by atoms with E-state index in [0.29, 0.717) is 13.0 Å². The molecule has 0 fully saturated rings. The van der Waals surface area contributed by atoms with E-state index in [0.717, 1.165) is 10.0 Å². The molecule has 0 bridgehead atoms. The average Bonchev–Trinajstić information content (AvgIpc) is 2.73. The number of nitrogens with zero attached hydrogens (tertiary/aromatic N) is 3. The van der Waals surface area contributed by atoms with Crippen molar-refractivity contribution >= 4 is 21.6 Å². The highest BCUT2D eigenvalue weighted by Gasteiger charge is 2.11. The Bertz CT molecular complexity index is 539. The standard InChI is InChI=1S/C11H10BrN3O2/c12-10-7-13-14(8-10)6-5-9-3-1-2-4-11(9)15(16)17/h1-4,7-8H,5-6H2. The van der Waals surface area contributed by atoms with Gasteiger partial charge in [0.15, 0.2) is 0 Å². The van der Waals surface area contributed by atoms with E-state index in [1.54, 1.807) is 29.1 Å². The van der Waals surface area contributed by atoms with Crippen molar-refractivity contribution in [3.05, 3.63) is 56.8 Å². The van der Waals surface area contributed by atoms with Crippen LogP contribution in [0.3, 0.4) is 0 Å². The summed E-state index contributed by atoms with van der Waals surface area (Å²) in [4.78, 5) is 10.5. The van der Waals surface area contributed by atoms with Crippen LogP contribution in [0, 0.1) is 10.1 Å². The molecule has 0 saturated heterocycles. The predicted octanol–water partition coefficient (Wildman–Crippen LogP) is 2.80. The van der Waals surface area contributed by atoms with Gasteiger partial charge in [-0.25, -0.2) is 0 Å². The molecule has 0 aliphatic rings. The first-order valence-corrected chi connectivity index (χ1v) is 5.86. The smallest absolute Gasteiger partial charge is 0.271 e. The third kappa shape index (κ3) is 2.91. The van der Waals surface area contributed by atoms with Crippen molar-refractivity contribution in [1.29, 1.82) is 0 Å². The number of hydrogen-bond acceptors (Lipinski definition) is 3. The highest BCUT2D eigenvalue weighted by atomic mass is 79.9. The summed E-state index contributed by atoms with van der Waals surface area (Å²) in [6, 6.07) is 6.78. The van der Waals surface area contributed by atoms with Gasteiger partial charge in [0.25, 0.3) is 5.69 Å². The fourth-order valence-corrected chi connectivity index (χ4v) is 1.92. The molecule has 1 aromatic carbocycles. The first-order valence-electron chi connectivity index (χ1n) is 5.07. The van der Waals surface area contributed by atoms with Crippen molar-refractivity contribution in [2.24, 2.45) is 0 Å². The fraction of sp³-hybridized carbons (Fsp3) is 0.182. The van der Waals surface area contributed by atoms with E-state index < -0.39 is 0 Å². The normalized spacial score (nSPS) is 10.4. The molecule has 0 radical (unpaired) electrons. The van der Waals surface area contributed by atoms with Crippen LogP contribution in [0.25, 0.3) is 0 Å². The second kappa shape index (κ2) is 5.09. The van der Waals surface area contributed by atoms with Crippen LogP contribution in [0.2, 0.25) is 0 Å². The first kappa shape index (κ1) is 11.8. The van der Waals surface area contributed by atoms with Crippen LogP contribution in [0.15, 0.2) is 41.1 Å². The molecule has 5 nitrogen and oxygen atoms in total. The number of nitro groups is 1. The molecule has 0 N–H and O–H groups in total. The third-order valence-electron chi connectivity index (χ3n) is 2.40. The fourth-order valence-electron chi connectivity index (χ4n) is 1.60. The van der Waals surface area contributed by atoms with Crippen LogP contribution in [0.1, 0.15) is 5.56 Å². The van der Waals surface area contributed by atoms with E-state index in [1.807, 2.05) is 6.20 Å². The molecule has 0 unspecified atom stereocenters. The molecule has 88 valence electrons. The second-order valence-electron chi connectivity index (χ2n) is 3.56. The number of benzene rings is 1. The molecule has 0 aliphatic carbocycles. The highest BCUT2D eigenvalue weighted by Crippen LogP contribution is 2.18. The van der Waals surface area contributed by atoms with E-state index in [2.05, 4.69) is 21.0 Å². The number of hydrogen-bond donors (Lipinski definition) is 0. The van der Waals surface area contributed by atoms with Gasteiger partial charge in [0.1, 0.15) is 0 Å². The summed E-state index contributed by atoms with van der Waals surface area (Å²) in [5.74, 6) is 0. The predicted molar refractivity (Wildman–Crippen MR) is 66.7 cm³/mol. The Kier molecular flexibility index (Phi) is 3.53. The molecule has 2 rings (SSSR count). The minimum absolute atomic E-state index is 0.165. The Labute approximate surface area is 106 Å². The van der Waals surface area contributed by atoms with Gasteiger partial charge in [0.2, 0.25) is 0 Å². The minimum atomic E-state index is -0.353. The zero-order valence-electron chi connectivity index (χ0n) is 8.91. The van der Waals surface area contributed by atoms with E-state index in [1.165, 1.54) is 6.07 Å². The number of rotatable bonds is 4. The number of aromatic nitrogens is 2. The Balaban J connectivity index is 2.11. The topological polar surface area (TPSA) is 61.0 Å². The Morgan fingerprint density at radius 3 is 2.82 bits per heavy atom. The highest BCUT2D eigenvalue weighted by molar-refractivity contribution is 9.10. The van der Waals surface area contributed by atoms with Gasteiger partial charge < -0.3 is 0 Å². The van der Waals surface area contributed by atoms with Gasteiger partial charge in [0, 0.05) is 24.4 Å². The van der Waals surface area contributed by atoms with Crippen molar-refractivity contribution in [3.8, 4) is 0 Å². The Morgan fingerprint density at radius 1 is 1.41 bits per heavy atom. The van der Waals surface area contributed by atoms with Gasteiger partial charge >= 0.3 is 0 Å². The van der Waals surface area contributed by atoms with E-state index in [-0.39, 0.29) is 10.6 Å². The lowest BCUT2D eigenvalue weighted by atomic mass is 10.1. The maximum absolute atomic E-state index is 10.8. The van der Waals surface area contributed by atoms with Crippen LogP contribution in [-0.2, 0) is 13.0 Å². The van der Waals surface area contributed by atoms with Crippen molar-refractivity contribution in [2.45, 2.75) is 13.0 Å². The van der Waals surface area contributed by atoms with Gasteiger partial charge in [-0.3, -0.25) is 14.8 Å². The summed E-state index contributed by atoms with van der Waals surface area (Å²) in [5.41, 5.74) is 0.892. The molecule has 1 heterocycles. The number of aryl methyl sites for hydroxylation is 2. The summed E-state index contributed by atoms with van der Waals surface area (Å²) in [5, 5.41) is 14.9. The Hall–Kier alpha value is -1.69. The Morgan fingerprint density at radius 2 is 2.18 bits per heavy atom. The van der Waals surface area contributed by atoms with Gasteiger partial charge in [-0.2, -0.15) is 5.10 Å². The molecular weight excluding hydrogens is 286 g/mol. The van der Waals surface area contributed by atoms with Crippen LogP contribution < -0.4 is 0 Å². The molecular formula is C11H10BrN3O2. The largest absolute Gasteiger partial charge is 0.272 e. The van der Waals surface area contributed by atoms with Gasteiger partial charge in [0.05, 0.1) is 15.6 Å². The molecule has 0 atom stereocenters. The second-order valence-corrected chi connectivity index (χ2v) is 4.47. The molecule has 0 amide bonds. The molecule has 0 spiro atoms. The van der Waals surface area contributed by atoms with Gasteiger partial charge in [-0.1, -0.05) is 18.2 Å². The summed E-state index contributed by atoms with van der Waals surface area (Å²) in [7, 11) is 0. The molecule has 0 aliphatic heterocycles. The maximum Gasteiger partial charge on any atom is 0.272 e. The van der Waals surface area contributed by atoms with Crippen LogP contribution in [0.4, 0.5) is 5.69 Å². The average molecular weight is 296 g/mol.